The van der Waals surface area contributed by atoms with Crippen molar-refractivity contribution < 1.29 is 8.81 Å². The van der Waals surface area contributed by atoms with E-state index in [0.29, 0.717) is 16.6 Å². The Kier molecular flexibility index (Phi) is 6.94. The minimum absolute atomic E-state index is 0.311. The molecule has 0 unspecified atom stereocenters. The van der Waals surface area contributed by atoms with Gasteiger partial charge in [-0.1, -0.05) is 158 Å². The Balaban J connectivity index is 1.19. The van der Waals surface area contributed by atoms with Gasteiger partial charge >= 0.3 is 0 Å². The van der Waals surface area contributed by atoms with Gasteiger partial charge in [-0.2, -0.15) is 0 Å². The van der Waals surface area contributed by atoms with Crippen LogP contribution in [0.1, 0.15) is 22.3 Å². The van der Waals surface area contributed by atoms with Gasteiger partial charge in [0.1, 0.15) is 11.4 Å². The van der Waals surface area contributed by atoms with E-state index in [-0.39, 0.29) is 5.82 Å². The predicted molar refractivity (Wildman–Crippen MR) is 211 cm³/mol. The molecule has 0 radical (unpaired) electrons. The van der Waals surface area contributed by atoms with Gasteiger partial charge in [0.2, 0.25) is 0 Å². The summed E-state index contributed by atoms with van der Waals surface area (Å²) in [6.07, 6.45) is 0. The largest absolute Gasteiger partial charge is 0.453 e. The van der Waals surface area contributed by atoms with Crippen LogP contribution in [0.2, 0.25) is 0 Å². The number of anilines is 3. The van der Waals surface area contributed by atoms with Gasteiger partial charge in [-0.05, 0) is 75.3 Å². The van der Waals surface area contributed by atoms with Gasteiger partial charge in [-0.25, -0.2) is 4.39 Å². The van der Waals surface area contributed by atoms with Crippen LogP contribution in [-0.4, -0.2) is 0 Å². The maximum atomic E-state index is 15.9. The third kappa shape index (κ3) is 4.42. The van der Waals surface area contributed by atoms with Crippen LogP contribution in [0.15, 0.2) is 199 Å². The number of furan rings is 1. The average Bonchev–Trinajstić information content (AvgIpc) is 3.76. The first-order valence-electron chi connectivity index (χ1n) is 17.6. The van der Waals surface area contributed by atoms with E-state index in [4.69, 9.17) is 4.42 Å². The van der Waals surface area contributed by atoms with E-state index in [0.717, 1.165) is 33.6 Å². The fourth-order valence-electron chi connectivity index (χ4n) is 8.45. The van der Waals surface area contributed by atoms with Gasteiger partial charge in [-0.3, -0.25) is 0 Å². The van der Waals surface area contributed by atoms with Crippen molar-refractivity contribution in [3.63, 3.8) is 0 Å². The van der Waals surface area contributed by atoms with Gasteiger partial charge in [0.25, 0.3) is 0 Å². The Labute approximate surface area is 301 Å². The first-order chi connectivity index (χ1) is 25.7. The summed E-state index contributed by atoms with van der Waals surface area (Å²) < 4.78 is 22.7. The fourth-order valence-corrected chi connectivity index (χ4v) is 8.45. The highest BCUT2D eigenvalue weighted by Crippen LogP contribution is 2.56. The topological polar surface area (TPSA) is 16.4 Å². The van der Waals surface area contributed by atoms with Crippen molar-refractivity contribution in [1.29, 1.82) is 0 Å². The molecule has 0 aliphatic heterocycles. The van der Waals surface area contributed by atoms with Crippen LogP contribution in [-0.2, 0) is 5.41 Å². The van der Waals surface area contributed by atoms with Crippen LogP contribution in [0.25, 0.3) is 44.2 Å². The zero-order chi connectivity index (χ0) is 34.6. The number of halogens is 1. The summed E-state index contributed by atoms with van der Waals surface area (Å²) >= 11 is 0. The van der Waals surface area contributed by atoms with E-state index in [1.807, 2.05) is 60.7 Å². The highest BCUT2D eigenvalue weighted by Gasteiger charge is 2.45. The van der Waals surface area contributed by atoms with Crippen molar-refractivity contribution >= 4 is 39.0 Å². The Morgan fingerprint density at radius 2 is 0.962 bits per heavy atom. The lowest BCUT2D eigenvalue weighted by molar-refractivity contribution is 0.634. The summed E-state index contributed by atoms with van der Waals surface area (Å²) in [5.41, 5.74) is 12.7. The van der Waals surface area contributed by atoms with Gasteiger partial charge in [0.05, 0.1) is 16.5 Å². The third-order valence-corrected chi connectivity index (χ3v) is 10.6. The van der Waals surface area contributed by atoms with Crippen LogP contribution in [0.5, 0.6) is 0 Å². The highest BCUT2D eigenvalue weighted by molar-refractivity contribution is 6.13. The lowest BCUT2D eigenvalue weighted by atomic mass is 9.68. The normalized spacial score (nSPS) is 12.9. The lowest BCUT2D eigenvalue weighted by Crippen LogP contribution is -2.28. The molecule has 0 fully saturated rings. The predicted octanol–water partition coefficient (Wildman–Crippen LogP) is 13.2. The zero-order valence-electron chi connectivity index (χ0n) is 28.2. The Morgan fingerprint density at radius 1 is 0.423 bits per heavy atom. The van der Waals surface area contributed by atoms with Crippen LogP contribution in [0.4, 0.5) is 21.5 Å². The number of para-hydroxylation sites is 2. The molecule has 0 saturated heterocycles. The van der Waals surface area contributed by atoms with Crippen molar-refractivity contribution in [3.05, 3.63) is 222 Å². The molecule has 3 heteroatoms. The molecule has 52 heavy (non-hydrogen) atoms. The highest BCUT2D eigenvalue weighted by atomic mass is 19.1. The van der Waals surface area contributed by atoms with Gasteiger partial charge < -0.3 is 9.32 Å². The van der Waals surface area contributed by atoms with Crippen LogP contribution < -0.4 is 4.90 Å². The van der Waals surface area contributed by atoms with Gasteiger partial charge in [-0.15, -0.1) is 0 Å². The first-order valence-corrected chi connectivity index (χ1v) is 17.6. The molecule has 0 spiro atoms. The molecule has 1 aromatic heterocycles. The molecule has 0 N–H and O–H groups in total. The number of nitrogens with zero attached hydrogens (tertiary/aromatic N) is 1. The molecule has 9 aromatic rings. The Hall–Kier alpha value is -6.71. The third-order valence-electron chi connectivity index (χ3n) is 10.6. The molecule has 0 amide bonds. The summed E-state index contributed by atoms with van der Waals surface area (Å²) in [5, 5.41) is 1.23. The first kappa shape index (κ1) is 30.1. The number of rotatable bonds is 6. The van der Waals surface area contributed by atoms with E-state index < -0.39 is 5.41 Å². The van der Waals surface area contributed by atoms with Crippen molar-refractivity contribution in [2.45, 2.75) is 5.41 Å². The van der Waals surface area contributed by atoms with E-state index >= 15 is 4.39 Å². The molecule has 1 heterocycles. The number of hydrogen-bond donors (Lipinski definition) is 0. The maximum Gasteiger partial charge on any atom is 0.162 e. The van der Waals surface area contributed by atoms with Gasteiger partial charge in [0, 0.05) is 22.3 Å². The molecule has 10 rings (SSSR count). The molecular formula is C49H32FNO. The van der Waals surface area contributed by atoms with E-state index in [1.165, 1.54) is 33.4 Å². The summed E-state index contributed by atoms with van der Waals surface area (Å²) in [7, 11) is 0. The quantitative estimate of drug-likeness (QED) is 0.175. The molecule has 0 atom stereocenters. The van der Waals surface area contributed by atoms with Crippen LogP contribution in [0, 0.1) is 5.82 Å². The number of benzene rings is 8. The molecule has 0 saturated carbocycles. The lowest BCUT2D eigenvalue weighted by Gasteiger charge is -2.34. The zero-order valence-corrected chi connectivity index (χ0v) is 28.2. The molecule has 246 valence electrons. The van der Waals surface area contributed by atoms with E-state index in [9.17, 15) is 0 Å². The fraction of sp³-hybridized carbons (Fsp3) is 0.0204. The van der Waals surface area contributed by atoms with Crippen LogP contribution >= 0.6 is 0 Å². The second kappa shape index (κ2) is 12.0. The Bertz CT molecular complexity index is 2690. The van der Waals surface area contributed by atoms with Crippen LogP contribution in [0.3, 0.4) is 0 Å². The molecule has 0 bridgehead atoms. The molecule has 8 aromatic carbocycles. The van der Waals surface area contributed by atoms with Crippen molar-refractivity contribution in [1.82, 2.24) is 0 Å². The minimum atomic E-state index is -0.500. The van der Waals surface area contributed by atoms with Crippen molar-refractivity contribution in [3.8, 4) is 22.3 Å². The minimum Gasteiger partial charge on any atom is -0.453 e. The molecule has 2 nitrogen and oxygen atoms in total. The maximum absolute atomic E-state index is 15.9. The summed E-state index contributed by atoms with van der Waals surface area (Å²) in [4.78, 5) is 2.17. The standard InChI is InChI=1S/C49H32FNO/c50-44-31-32-45(48-46(44)41-24-14-23-38(47(41)52-48)33-15-4-1-5-16-33)51(36-19-8-3-9-20-36)37-29-27-35(28-30-37)49(34-17-6-2-7-18-34)42-25-12-10-21-39(42)40-22-11-13-26-43(40)49/h1-32H. The molecule has 1 aliphatic carbocycles. The average molecular weight is 670 g/mol. The summed E-state index contributed by atoms with van der Waals surface area (Å²) in [6.45, 7) is 0. The summed E-state index contributed by atoms with van der Waals surface area (Å²) in [6, 6.07) is 66.9. The number of fused-ring (bicyclic) bond motifs is 6. The second-order valence-corrected chi connectivity index (χ2v) is 13.3. The van der Waals surface area contributed by atoms with Crippen molar-refractivity contribution in [2.75, 3.05) is 4.90 Å². The smallest absolute Gasteiger partial charge is 0.162 e. The van der Waals surface area contributed by atoms with Gasteiger partial charge in [0.15, 0.2) is 5.58 Å². The monoisotopic (exact) mass is 669 g/mol. The Morgan fingerprint density at radius 3 is 1.63 bits per heavy atom. The summed E-state index contributed by atoms with van der Waals surface area (Å²) in [5.74, 6) is -0.311. The van der Waals surface area contributed by atoms with E-state index in [1.54, 1.807) is 6.07 Å². The second-order valence-electron chi connectivity index (χ2n) is 13.3. The molecular weight excluding hydrogens is 638 g/mol. The SMILES string of the molecule is Fc1ccc(N(c2ccccc2)c2ccc(C3(c4ccccc4)c4ccccc4-c4ccccc43)cc2)c2oc3c(-c4ccccc4)cccc3c12. The molecule has 1 aliphatic rings. The number of hydrogen-bond acceptors (Lipinski definition) is 2. The van der Waals surface area contributed by atoms with E-state index in [2.05, 4.69) is 132 Å². The van der Waals surface area contributed by atoms with Crippen molar-refractivity contribution in [2.24, 2.45) is 0 Å².